The van der Waals surface area contributed by atoms with Crippen molar-refractivity contribution in [2.75, 3.05) is 5.32 Å². The molecular formula is C18H14F3N5O3. The maximum atomic E-state index is 13.2. The lowest BCUT2D eigenvalue weighted by Gasteiger charge is -2.11. The number of para-hydroxylation sites is 1. The molecule has 29 heavy (non-hydrogen) atoms. The van der Waals surface area contributed by atoms with Crippen LogP contribution < -0.4 is 5.32 Å². The van der Waals surface area contributed by atoms with Gasteiger partial charge in [0.15, 0.2) is 5.69 Å². The van der Waals surface area contributed by atoms with Crippen molar-refractivity contribution in [1.82, 2.24) is 15.0 Å². The highest BCUT2D eigenvalue weighted by Gasteiger charge is 2.34. The first-order valence-electron chi connectivity index (χ1n) is 8.38. The topological polar surface area (TPSA) is 103 Å². The summed E-state index contributed by atoms with van der Waals surface area (Å²) in [6, 6.07) is 8.96. The van der Waals surface area contributed by atoms with E-state index in [-0.39, 0.29) is 22.8 Å². The summed E-state index contributed by atoms with van der Waals surface area (Å²) < 4.78 is 40.3. The minimum atomic E-state index is -4.61. The van der Waals surface area contributed by atoms with Crippen LogP contribution >= 0.6 is 0 Å². The lowest BCUT2D eigenvalue weighted by Crippen LogP contribution is -2.13. The van der Waals surface area contributed by atoms with Gasteiger partial charge in [-0.25, -0.2) is 4.68 Å². The number of nitro groups is 1. The van der Waals surface area contributed by atoms with Crippen LogP contribution in [0.15, 0.2) is 48.7 Å². The quantitative estimate of drug-likeness (QED) is 0.510. The summed E-state index contributed by atoms with van der Waals surface area (Å²) in [6.07, 6.45) is -3.11. The van der Waals surface area contributed by atoms with Gasteiger partial charge in [0.2, 0.25) is 0 Å². The molecule has 11 heteroatoms. The van der Waals surface area contributed by atoms with Gasteiger partial charge >= 0.3 is 6.18 Å². The molecule has 1 aromatic heterocycles. The Balaban J connectivity index is 1.86. The molecule has 0 radical (unpaired) electrons. The van der Waals surface area contributed by atoms with Crippen molar-refractivity contribution in [2.45, 2.75) is 19.5 Å². The smallest absolute Gasteiger partial charge is 0.320 e. The molecule has 1 heterocycles. The Bertz CT molecular complexity index is 1080. The fraction of sp³-hybridized carbons (Fsp3) is 0.167. The first-order chi connectivity index (χ1) is 13.7. The van der Waals surface area contributed by atoms with Gasteiger partial charge in [-0.1, -0.05) is 30.3 Å². The van der Waals surface area contributed by atoms with Crippen molar-refractivity contribution in [3.63, 3.8) is 0 Å². The van der Waals surface area contributed by atoms with Crippen molar-refractivity contribution < 1.29 is 22.9 Å². The second-order valence-corrected chi connectivity index (χ2v) is 5.97. The zero-order chi connectivity index (χ0) is 21.2. The highest BCUT2D eigenvalue weighted by molar-refractivity contribution is 6.02. The Morgan fingerprint density at radius 1 is 1.24 bits per heavy atom. The molecule has 3 rings (SSSR count). The summed E-state index contributed by atoms with van der Waals surface area (Å²) in [4.78, 5) is 22.9. The third-order valence-corrected chi connectivity index (χ3v) is 4.10. The molecule has 0 atom stereocenters. The van der Waals surface area contributed by atoms with E-state index < -0.39 is 22.6 Å². The average Bonchev–Trinajstić information content (AvgIpc) is 3.17. The summed E-state index contributed by atoms with van der Waals surface area (Å²) in [6.45, 7) is 1.76. The molecule has 150 valence electrons. The van der Waals surface area contributed by atoms with E-state index in [4.69, 9.17) is 0 Å². The molecule has 3 aromatic rings. The molecule has 8 nitrogen and oxygen atoms in total. The van der Waals surface area contributed by atoms with E-state index >= 15 is 0 Å². The van der Waals surface area contributed by atoms with Crippen molar-refractivity contribution in [3.05, 3.63) is 75.6 Å². The second-order valence-electron chi connectivity index (χ2n) is 5.97. The van der Waals surface area contributed by atoms with Crippen LogP contribution in [0.5, 0.6) is 0 Å². The van der Waals surface area contributed by atoms with Crippen LogP contribution in [0, 0.1) is 10.1 Å². The number of carbonyl (C=O) groups is 1. The van der Waals surface area contributed by atoms with Gasteiger partial charge in [-0.15, -0.1) is 5.10 Å². The van der Waals surface area contributed by atoms with Gasteiger partial charge in [-0.2, -0.15) is 13.2 Å². The SMILES string of the molecule is CCc1ccc(NC(=O)c2cn(-c3ccccc3C(F)(F)F)nn2)cc1[N+](=O)[O-]. The van der Waals surface area contributed by atoms with Crippen molar-refractivity contribution in [1.29, 1.82) is 0 Å². The summed E-state index contributed by atoms with van der Waals surface area (Å²) in [5.74, 6) is -0.765. The number of anilines is 1. The number of alkyl halides is 3. The number of benzene rings is 2. The Hall–Kier alpha value is -3.76. The number of rotatable bonds is 5. The van der Waals surface area contributed by atoms with Gasteiger partial charge in [-0.3, -0.25) is 14.9 Å². The van der Waals surface area contributed by atoms with E-state index in [9.17, 15) is 28.1 Å². The summed E-state index contributed by atoms with van der Waals surface area (Å²) >= 11 is 0. The van der Waals surface area contributed by atoms with Crippen LogP contribution in [0.1, 0.15) is 28.5 Å². The van der Waals surface area contributed by atoms with E-state index in [1.54, 1.807) is 6.92 Å². The number of aromatic nitrogens is 3. The number of carbonyl (C=O) groups excluding carboxylic acids is 1. The predicted molar refractivity (Wildman–Crippen MR) is 96.8 cm³/mol. The molecule has 0 saturated carbocycles. The standard InChI is InChI=1S/C18H14F3N5O3/c1-2-11-7-8-12(9-16(11)26(28)29)22-17(27)14-10-25(24-23-14)15-6-4-3-5-13(15)18(19,20)21/h3-10H,2H2,1H3,(H,22,27). The number of hydrogen-bond donors (Lipinski definition) is 1. The minimum Gasteiger partial charge on any atom is -0.320 e. The Morgan fingerprint density at radius 3 is 2.62 bits per heavy atom. The minimum absolute atomic E-state index is 0.145. The van der Waals surface area contributed by atoms with Crippen LogP contribution in [0.3, 0.4) is 0 Å². The molecule has 0 spiro atoms. The zero-order valence-electron chi connectivity index (χ0n) is 15.0. The van der Waals surface area contributed by atoms with E-state index in [2.05, 4.69) is 15.6 Å². The van der Waals surface area contributed by atoms with Crippen LogP contribution in [0.25, 0.3) is 5.69 Å². The van der Waals surface area contributed by atoms with Crippen LogP contribution in [0.2, 0.25) is 0 Å². The van der Waals surface area contributed by atoms with Gasteiger partial charge in [0.25, 0.3) is 11.6 Å². The lowest BCUT2D eigenvalue weighted by atomic mass is 10.1. The van der Waals surface area contributed by atoms with Crippen LogP contribution in [-0.2, 0) is 12.6 Å². The summed E-state index contributed by atoms with van der Waals surface area (Å²) in [7, 11) is 0. The van der Waals surface area contributed by atoms with Crippen molar-refractivity contribution >= 4 is 17.3 Å². The fourth-order valence-electron chi connectivity index (χ4n) is 2.70. The predicted octanol–water partition coefficient (Wildman–Crippen LogP) is 4.01. The van der Waals surface area contributed by atoms with E-state index in [0.29, 0.717) is 12.0 Å². The van der Waals surface area contributed by atoms with E-state index in [1.807, 2.05) is 0 Å². The average molecular weight is 405 g/mol. The molecule has 2 aromatic carbocycles. The number of nitrogens with one attached hydrogen (secondary N) is 1. The molecule has 0 saturated heterocycles. The first-order valence-corrected chi connectivity index (χ1v) is 8.38. The number of hydrogen-bond acceptors (Lipinski definition) is 5. The number of aryl methyl sites for hydroxylation is 1. The molecule has 0 fully saturated rings. The highest BCUT2D eigenvalue weighted by atomic mass is 19.4. The third kappa shape index (κ3) is 4.23. The number of amides is 1. The third-order valence-electron chi connectivity index (χ3n) is 4.10. The Labute approximate surface area is 162 Å². The molecular weight excluding hydrogens is 391 g/mol. The maximum Gasteiger partial charge on any atom is 0.418 e. The zero-order valence-corrected chi connectivity index (χ0v) is 15.0. The highest BCUT2D eigenvalue weighted by Crippen LogP contribution is 2.33. The molecule has 0 aliphatic heterocycles. The van der Waals surface area contributed by atoms with E-state index in [0.717, 1.165) is 16.9 Å². The second kappa shape index (κ2) is 7.70. The van der Waals surface area contributed by atoms with Gasteiger partial charge in [0, 0.05) is 17.3 Å². The molecule has 0 bridgehead atoms. The van der Waals surface area contributed by atoms with Crippen LogP contribution in [-0.4, -0.2) is 25.8 Å². The maximum absolute atomic E-state index is 13.2. The summed E-state index contributed by atoms with van der Waals surface area (Å²) in [5, 5.41) is 20.8. The Kier molecular flexibility index (Phi) is 5.31. The first kappa shape index (κ1) is 20.0. The molecule has 0 aliphatic carbocycles. The number of nitro benzene ring substituents is 1. The molecule has 1 N–H and O–H groups in total. The van der Waals surface area contributed by atoms with Crippen LogP contribution in [0.4, 0.5) is 24.5 Å². The Morgan fingerprint density at radius 2 is 1.97 bits per heavy atom. The number of halogens is 3. The van der Waals surface area contributed by atoms with Gasteiger partial charge < -0.3 is 5.32 Å². The monoisotopic (exact) mass is 405 g/mol. The van der Waals surface area contributed by atoms with Crippen molar-refractivity contribution in [2.24, 2.45) is 0 Å². The van der Waals surface area contributed by atoms with E-state index in [1.165, 1.54) is 36.4 Å². The largest absolute Gasteiger partial charge is 0.418 e. The van der Waals surface area contributed by atoms with Crippen molar-refractivity contribution in [3.8, 4) is 5.69 Å². The normalized spacial score (nSPS) is 11.3. The molecule has 1 amide bonds. The molecule has 0 aliphatic rings. The summed E-state index contributed by atoms with van der Waals surface area (Å²) in [5.41, 5.74) is -0.943. The molecule has 0 unspecified atom stereocenters. The lowest BCUT2D eigenvalue weighted by molar-refractivity contribution is -0.385. The van der Waals surface area contributed by atoms with Gasteiger partial charge in [0.1, 0.15) is 0 Å². The van der Waals surface area contributed by atoms with Gasteiger partial charge in [0.05, 0.1) is 22.4 Å². The number of nitrogens with zero attached hydrogens (tertiary/aromatic N) is 4. The fourth-order valence-corrected chi connectivity index (χ4v) is 2.70. The van der Waals surface area contributed by atoms with Gasteiger partial charge in [-0.05, 0) is 24.6 Å².